The molecule has 16 heteroatoms. The molecule has 3 heterocycles. The van der Waals surface area contributed by atoms with Gasteiger partial charge in [0.1, 0.15) is 6.10 Å². The van der Waals surface area contributed by atoms with Crippen LogP contribution in [-0.4, -0.2) is 64.7 Å². The molecule has 0 radical (unpaired) electrons. The maximum Gasteiger partial charge on any atom is 0.409 e. The van der Waals surface area contributed by atoms with Crippen molar-refractivity contribution in [2.75, 3.05) is 0 Å². The first-order chi connectivity index (χ1) is 19.8. The van der Waals surface area contributed by atoms with Crippen LogP contribution in [0.15, 0.2) is 24.7 Å². The maximum absolute atomic E-state index is 14.0. The monoisotopic (exact) mass is 598 g/mol. The SMILES string of the molecule is CC[C@H](O)C(=O)N[C@@H](c1cnn2cc([C@@H](NC(=O)c3cnn(CC(F)(F)F)n3)C3CCC(F)(F)CC3)nc2c1)C1CC1. The Morgan fingerprint density at radius 3 is 2.40 bits per heavy atom. The number of nitrogens with zero attached hydrogens (tertiary/aromatic N) is 6. The molecule has 5 rings (SSSR count). The lowest BCUT2D eigenvalue weighted by Crippen LogP contribution is -2.37. The van der Waals surface area contributed by atoms with Crippen molar-refractivity contribution >= 4 is 17.5 Å². The van der Waals surface area contributed by atoms with E-state index < -0.39 is 48.5 Å². The molecule has 2 saturated carbocycles. The Morgan fingerprint density at radius 1 is 1.07 bits per heavy atom. The van der Waals surface area contributed by atoms with Crippen LogP contribution in [0, 0.1) is 11.8 Å². The van der Waals surface area contributed by atoms with Crippen molar-refractivity contribution in [2.45, 2.75) is 88.7 Å². The average Bonchev–Trinajstić information content (AvgIpc) is 3.52. The molecule has 2 fully saturated rings. The molecule has 228 valence electrons. The van der Waals surface area contributed by atoms with E-state index in [4.69, 9.17) is 0 Å². The number of hydrogen-bond acceptors (Lipinski definition) is 7. The summed E-state index contributed by atoms with van der Waals surface area (Å²) >= 11 is 0. The fourth-order valence-corrected chi connectivity index (χ4v) is 5.25. The number of amides is 2. The number of alkyl halides is 5. The number of halogens is 5. The molecule has 0 saturated heterocycles. The lowest BCUT2D eigenvalue weighted by Gasteiger charge is -2.33. The number of carbonyl (C=O) groups is 2. The van der Waals surface area contributed by atoms with Crippen molar-refractivity contribution in [2.24, 2.45) is 11.8 Å². The molecule has 0 spiro atoms. The zero-order valence-electron chi connectivity index (χ0n) is 22.7. The second kappa shape index (κ2) is 11.5. The van der Waals surface area contributed by atoms with Gasteiger partial charge >= 0.3 is 6.18 Å². The van der Waals surface area contributed by atoms with Crippen LogP contribution in [0.3, 0.4) is 0 Å². The molecule has 11 nitrogen and oxygen atoms in total. The van der Waals surface area contributed by atoms with E-state index in [-0.39, 0.29) is 49.8 Å². The van der Waals surface area contributed by atoms with E-state index >= 15 is 0 Å². The summed E-state index contributed by atoms with van der Waals surface area (Å²) in [6.07, 6.45) is -0.209. The Bertz CT molecular complexity index is 1430. The van der Waals surface area contributed by atoms with E-state index in [1.165, 1.54) is 4.52 Å². The first-order valence-electron chi connectivity index (χ1n) is 13.8. The Morgan fingerprint density at radius 2 is 1.76 bits per heavy atom. The van der Waals surface area contributed by atoms with E-state index in [9.17, 15) is 36.6 Å². The molecular weight excluding hydrogens is 567 g/mol. The van der Waals surface area contributed by atoms with Crippen LogP contribution < -0.4 is 10.6 Å². The van der Waals surface area contributed by atoms with Crippen molar-refractivity contribution in [3.05, 3.63) is 41.6 Å². The highest BCUT2D eigenvalue weighted by Gasteiger charge is 2.40. The number of hydrogen-bond donors (Lipinski definition) is 3. The van der Waals surface area contributed by atoms with Gasteiger partial charge in [-0.3, -0.25) is 9.59 Å². The van der Waals surface area contributed by atoms with Crippen LogP contribution in [0.5, 0.6) is 0 Å². The van der Waals surface area contributed by atoms with Crippen LogP contribution in [0.25, 0.3) is 5.65 Å². The summed E-state index contributed by atoms with van der Waals surface area (Å²) < 4.78 is 67.5. The number of rotatable bonds is 10. The first kappa shape index (κ1) is 29.8. The Kier molecular flexibility index (Phi) is 8.18. The van der Waals surface area contributed by atoms with Gasteiger partial charge < -0.3 is 15.7 Å². The van der Waals surface area contributed by atoms with Gasteiger partial charge in [0.2, 0.25) is 11.8 Å². The molecule has 3 atom stereocenters. The third-order valence-electron chi connectivity index (χ3n) is 7.73. The van der Waals surface area contributed by atoms with Gasteiger partial charge in [-0.05, 0) is 55.6 Å². The predicted octanol–water partition coefficient (Wildman–Crippen LogP) is 3.52. The van der Waals surface area contributed by atoms with Crippen LogP contribution in [0.2, 0.25) is 0 Å². The summed E-state index contributed by atoms with van der Waals surface area (Å²) in [6.45, 7) is 0.227. The number of aromatic nitrogens is 6. The minimum absolute atomic E-state index is 0.0841. The van der Waals surface area contributed by atoms with Crippen molar-refractivity contribution < 1.29 is 36.6 Å². The number of fused-ring (bicyclic) bond motifs is 1. The normalized spacial score (nSPS) is 19.8. The van der Waals surface area contributed by atoms with E-state index in [0.29, 0.717) is 21.7 Å². The number of carbonyl (C=O) groups excluding carboxylic acids is 2. The molecule has 0 bridgehead atoms. The lowest BCUT2D eigenvalue weighted by atomic mass is 9.81. The molecule has 0 aliphatic heterocycles. The summed E-state index contributed by atoms with van der Waals surface area (Å²) in [4.78, 5) is 30.4. The summed E-state index contributed by atoms with van der Waals surface area (Å²) in [5.41, 5.74) is 1.04. The molecule has 3 N–H and O–H groups in total. The standard InChI is InChI=1S/C26H31F5N8O3/c1-2-19(40)24(42)35-21(14-3-4-14)16-9-20-34-18(12-38(20)32-10-16)22(15-5-7-25(27,28)8-6-15)36-23(41)17-11-33-39(37-17)13-26(29,30)31/h9-12,14-15,19,21-22,40H,2-8,13H2,1H3,(H,35,42)(H,36,41)/t19-,21+,22-/m0/s1. The molecule has 2 aliphatic rings. The molecule has 0 aromatic carbocycles. The topological polar surface area (TPSA) is 139 Å². The predicted molar refractivity (Wildman–Crippen MR) is 136 cm³/mol. The molecule has 2 aliphatic carbocycles. The molecule has 2 amide bonds. The summed E-state index contributed by atoms with van der Waals surface area (Å²) in [7, 11) is 0. The van der Waals surface area contributed by atoms with E-state index in [1.54, 1.807) is 25.4 Å². The first-order valence-corrected chi connectivity index (χ1v) is 13.8. The molecule has 42 heavy (non-hydrogen) atoms. The van der Waals surface area contributed by atoms with E-state index in [0.717, 1.165) is 19.0 Å². The third kappa shape index (κ3) is 7.02. The number of imidazole rings is 1. The second-order valence-corrected chi connectivity index (χ2v) is 11.0. The highest BCUT2D eigenvalue weighted by Crippen LogP contribution is 2.42. The van der Waals surface area contributed by atoms with Gasteiger partial charge in [-0.2, -0.15) is 28.2 Å². The van der Waals surface area contributed by atoms with Crippen molar-refractivity contribution in [1.82, 2.24) is 40.2 Å². The van der Waals surface area contributed by atoms with Gasteiger partial charge in [-0.25, -0.2) is 18.3 Å². The highest BCUT2D eigenvalue weighted by molar-refractivity contribution is 5.92. The van der Waals surface area contributed by atoms with Crippen LogP contribution in [0.4, 0.5) is 22.0 Å². The third-order valence-corrected chi connectivity index (χ3v) is 7.73. The largest absolute Gasteiger partial charge is 0.409 e. The summed E-state index contributed by atoms with van der Waals surface area (Å²) in [5.74, 6) is -4.38. The van der Waals surface area contributed by atoms with Crippen molar-refractivity contribution in [3.63, 3.8) is 0 Å². The second-order valence-electron chi connectivity index (χ2n) is 11.0. The Hall–Kier alpha value is -3.69. The van der Waals surface area contributed by atoms with Gasteiger partial charge in [0, 0.05) is 12.8 Å². The summed E-state index contributed by atoms with van der Waals surface area (Å²) in [6, 6.07) is 0.492. The molecule has 0 unspecified atom stereocenters. The van der Waals surface area contributed by atoms with Crippen LogP contribution in [-0.2, 0) is 11.3 Å². The molecule has 3 aromatic rings. The van der Waals surface area contributed by atoms with E-state index in [1.807, 2.05) is 0 Å². The van der Waals surface area contributed by atoms with Crippen molar-refractivity contribution in [1.29, 1.82) is 0 Å². The zero-order valence-corrected chi connectivity index (χ0v) is 22.7. The van der Waals surface area contributed by atoms with Gasteiger partial charge in [0.05, 0.1) is 36.4 Å². The highest BCUT2D eigenvalue weighted by atomic mass is 19.4. The minimum Gasteiger partial charge on any atom is -0.383 e. The number of nitrogens with one attached hydrogen (secondary N) is 2. The minimum atomic E-state index is -4.58. The fourth-order valence-electron chi connectivity index (χ4n) is 5.25. The lowest BCUT2D eigenvalue weighted by molar-refractivity contribution is -0.145. The van der Waals surface area contributed by atoms with Gasteiger partial charge in [-0.15, -0.1) is 5.10 Å². The number of aliphatic hydroxyl groups is 1. The quantitative estimate of drug-likeness (QED) is 0.304. The Labute approximate surface area is 236 Å². The van der Waals surface area contributed by atoms with E-state index in [2.05, 4.69) is 30.9 Å². The van der Waals surface area contributed by atoms with Gasteiger partial charge in [-0.1, -0.05) is 6.92 Å². The Balaban J connectivity index is 1.41. The average molecular weight is 599 g/mol. The van der Waals surface area contributed by atoms with Crippen molar-refractivity contribution in [3.8, 4) is 0 Å². The van der Waals surface area contributed by atoms with Gasteiger partial charge in [0.15, 0.2) is 17.9 Å². The smallest absolute Gasteiger partial charge is 0.383 e. The fraction of sp³-hybridized carbons (Fsp3) is 0.615. The summed E-state index contributed by atoms with van der Waals surface area (Å²) in [5, 5.41) is 27.1. The number of aliphatic hydroxyl groups excluding tert-OH is 1. The maximum atomic E-state index is 14.0. The molecular formula is C26H31F5N8O3. The van der Waals surface area contributed by atoms with Crippen LogP contribution >= 0.6 is 0 Å². The van der Waals surface area contributed by atoms with Gasteiger partial charge in [0.25, 0.3) is 5.91 Å². The zero-order chi connectivity index (χ0) is 30.2. The molecule has 3 aromatic heterocycles. The van der Waals surface area contributed by atoms with Crippen LogP contribution in [0.1, 0.15) is 85.7 Å².